The van der Waals surface area contributed by atoms with Crippen LogP contribution in [-0.2, 0) is 16.0 Å². The van der Waals surface area contributed by atoms with Gasteiger partial charge in [-0.15, -0.1) is 0 Å². The second kappa shape index (κ2) is 7.05. The van der Waals surface area contributed by atoms with Gasteiger partial charge >= 0.3 is 5.97 Å². The highest BCUT2D eigenvalue weighted by Gasteiger charge is 2.32. The molecule has 0 radical (unpaired) electrons. The molecule has 1 aromatic carbocycles. The number of carboxylic acids is 1. The summed E-state index contributed by atoms with van der Waals surface area (Å²) in [5, 5.41) is 13.4. The SMILES string of the molecule is O=C(O)[C@H](c1ccsc1)N1CCO[C@H](Cc2ccccc2)C1. The lowest BCUT2D eigenvalue weighted by molar-refractivity contribution is -0.147. The van der Waals surface area contributed by atoms with Crippen molar-refractivity contribution in [2.24, 2.45) is 0 Å². The summed E-state index contributed by atoms with van der Waals surface area (Å²) in [6.07, 6.45) is 0.851. The summed E-state index contributed by atoms with van der Waals surface area (Å²) in [5.41, 5.74) is 2.08. The van der Waals surface area contributed by atoms with E-state index in [1.807, 2.05) is 39.9 Å². The molecule has 1 aliphatic heterocycles. The van der Waals surface area contributed by atoms with E-state index < -0.39 is 12.0 Å². The number of aliphatic carboxylic acids is 1. The third-order valence-electron chi connectivity index (χ3n) is 3.93. The number of hydrogen-bond donors (Lipinski definition) is 1. The topological polar surface area (TPSA) is 49.8 Å². The Morgan fingerprint density at radius 1 is 1.36 bits per heavy atom. The molecule has 0 amide bonds. The van der Waals surface area contributed by atoms with Gasteiger partial charge in [-0.1, -0.05) is 30.3 Å². The first-order chi connectivity index (χ1) is 10.7. The Morgan fingerprint density at radius 3 is 2.86 bits per heavy atom. The lowest BCUT2D eigenvalue weighted by Crippen LogP contribution is -2.47. The summed E-state index contributed by atoms with van der Waals surface area (Å²) in [6, 6.07) is 11.5. The molecule has 116 valence electrons. The Bertz CT molecular complexity index is 600. The maximum atomic E-state index is 11.7. The van der Waals surface area contributed by atoms with Gasteiger partial charge in [0.2, 0.25) is 0 Å². The Labute approximate surface area is 134 Å². The Hall–Kier alpha value is -1.69. The van der Waals surface area contributed by atoms with Crippen LogP contribution in [0.2, 0.25) is 0 Å². The number of rotatable bonds is 5. The summed E-state index contributed by atoms with van der Waals surface area (Å²) < 4.78 is 5.83. The number of nitrogens with zero attached hydrogens (tertiary/aromatic N) is 1. The number of hydrogen-bond acceptors (Lipinski definition) is 4. The molecular weight excluding hydrogens is 298 g/mol. The highest BCUT2D eigenvalue weighted by atomic mass is 32.1. The van der Waals surface area contributed by atoms with Crippen LogP contribution in [-0.4, -0.2) is 41.8 Å². The summed E-state index contributed by atoms with van der Waals surface area (Å²) in [6.45, 7) is 1.87. The highest BCUT2D eigenvalue weighted by Crippen LogP contribution is 2.26. The van der Waals surface area contributed by atoms with Crippen LogP contribution < -0.4 is 0 Å². The molecule has 22 heavy (non-hydrogen) atoms. The van der Waals surface area contributed by atoms with E-state index in [1.54, 1.807) is 0 Å². The zero-order valence-corrected chi connectivity index (χ0v) is 13.0. The van der Waals surface area contributed by atoms with E-state index in [9.17, 15) is 9.90 Å². The van der Waals surface area contributed by atoms with Gasteiger partial charge in [0.1, 0.15) is 6.04 Å². The minimum absolute atomic E-state index is 0.0386. The number of benzene rings is 1. The highest BCUT2D eigenvalue weighted by molar-refractivity contribution is 7.08. The lowest BCUT2D eigenvalue weighted by atomic mass is 10.0. The van der Waals surface area contributed by atoms with Crippen LogP contribution in [0.5, 0.6) is 0 Å². The first-order valence-electron chi connectivity index (χ1n) is 7.38. The van der Waals surface area contributed by atoms with Gasteiger partial charge in [-0.25, -0.2) is 0 Å². The van der Waals surface area contributed by atoms with E-state index in [0.29, 0.717) is 19.7 Å². The molecule has 3 rings (SSSR count). The first-order valence-corrected chi connectivity index (χ1v) is 8.33. The average molecular weight is 317 g/mol. The van der Waals surface area contributed by atoms with Crippen molar-refractivity contribution in [3.63, 3.8) is 0 Å². The summed E-state index contributed by atoms with van der Waals surface area (Å²) in [5.74, 6) is -0.793. The van der Waals surface area contributed by atoms with Gasteiger partial charge in [-0.2, -0.15) is 11.3 Å². The average Bonchev–Trinajstić information content (AvgIpc) is 3.02. The molecule has 1 aromatic heterocycles. The van der Waals surface area contributed by atoms with E-state index in [1.165, 1.54) is 16.9 Å². The maximum absolute atomic E-state index is 11.7. The van der Waals surface area contributed by atoms with Crippen LogP contribution in [0.3, 0.4) is 0 Å². The predicted octanol–water partition coefficient (Wildman–Crippen LogP) is 2.82. The van der Waals surface area contributed by atoms with Crippen molar-refractivity contribution in [2.45, 2.75) is 18.6 Å². The van der Waals surface area contributed by atoms with Crippen molar-refractivity contribution < 1.29 is 14.6 Å². The fourth-order valence-electron chi connectivity index (χ4n) is 2.92. The van der Waals surface area contributed by atoms with Crippen molar-refractivity contribution in [1.82, 2.24) is 4.90 Å². The normalized spacial score (nSPS) is 20.6. The van der Waals surface area contributed by atoms with E-state index in [4.69, 9.17) is 4.74 Å². The summed E-state index contributed by atoms with van der Waals surface area (Å²) in [4.78, 5) is 13.7. The second-order valence-electron chi connectivity index (χ2n) is 5.47. The van der Waals surface area contributed by atoms with Gasteiger partial charge < -0.3 is 9.84 Å². The number of carbonyl (C=O) groups is 1. The standard InChI is InChI=1S/C17H19NO3S/c19-17(20)16(14-6-9-22-12-14)18-7-8-21-15(11-18)10-13-4-2-1-3-5-13/h1-6,9,12,15-16H,7-8,10-11H2,(H,19,20)/t15-,16+/m1/s1. The van der Waals surface area contributed by atoms with Gasteiger partial charge in [0, 0.05) is 13.1 Å². The smallest absolute Gasteiger partial charge is 0.325 e. The van der Waals surface area contributed by atoms with Crippen LogP contribution in [0.1, 0.15) is 17.2 Å². The molecule has 2 aromatic rings. The Morgan fingerprint density at radius 2 is 2.18 bits per heavy atom. The Balaban J connectivity index is 1.70. The zero-order chi connectivity index (χ0) is 15.4. The van der Waals surface area contributed by atoms with Gasteiger partial charge in [0.05, 0.1) is 12.7 Å². The molecule has 2 heterocycles. The number of carboxylic acid groups (broad SMARTS) is 1. The zero-order valence-electron chi connectivity index (χ0n) is 12.2. The third kappa shape index (κ3) is 3.55. The molecule has 2 atom stereocenters. The van der Waals surface area contributed by atoms with Crippen molar-refractivity contribution >= 4 is 17.3 Å². The molecule has 1 saturated heterocycles. The lowest BCUT2D eigenvalue weighted by Gasteiger charge is -2.36. The molecule has 1 fully saturated rings. The molecule has 0 spiro atoms. The van der Waals surface area contributed by atoms with Crippen molar-refractivity contribution in [3.8, 4) is 0 Å². The monoisotopic (exact) mass is 317 g/mol. The van der Waals surface area contributed by atoms with Crippen molar-refractivity contribution in [3.05, 3.63) is 58.3 Å². The Kier molecular flexibility index (Phi) is 4.87. The fraction of sp³-hybridized carbons (Fsp3) is 0.353. The van der Waals surface area contributed by atoms with Gasteiger partial charge in [0.25, 0.3) is 0 Å². The van der Waals surface area contributed by atoms with Gasteiger partial charge in [-0.3, -0.25) is 9.69 Å². The minimum atomic E-state index is -0.793. The van der Waals surface area contributed by atoms with E-state index in [0.717, 1.165) is 12.0 Å². The molecule has 0 aliphatic carbocycles. The van der Waals surface area contributed by atoms with Crippen LogP contribution in [0.15, 0.2) is 47.2 Å². The van der Waals surface area contributed by atoms with Crippen molar-refractivity contribution in [1.29, 1.82) is 0 Å². The van der Waals surface area contributed by atoms with E-state index in [-0.39, 0.29) is 6.10 Å². The third-order valence-corrected chi connectivity index (χ3v) is 4.64. The van der Waals surface area contributed by atoms with Gasteiger partial charge in [0.15, 0.2) is 0 Å². The quantitative estimate of drug-likeness (QED) is 0.921. The molecular formula is C17H19NO3S. The molecule has 4 nitrogen and oxygen atoms in total. The molecule has 0 bridgehead atoms. The van der Waals surface area contributed by atoms with Crippen LogP contribution in [0.4, 0.5) is 0 Å². The van der Waals surface area contributed by atoms with E-state index >= 15 is 0 Å². The predicted molar refractivity (Wildman–Crippen MR) is 86.2 cm³/mol. The van der Waals surface area contributed by atoms with Crippen LogP contribution in [0.25, 0.3) is 0 Å². The number of thiophene rings is 1. The number of morpholine rings is 1. The molecule has 1 N–H and O–H groups in total. The maximum Gasteiger partial charge on any atom is 0.325 e. The first kappa shape index (κ1) is 15.2. The van der Waals surface area contributed by atoms with E-state index in [2.05, 4.69) is 12.1 Å². The van der Waals surface area contributed by atoms with Gasteiger partial charge in [-0.05, 0) is 34.4 Å². The molecule has 1 aliphatic rings. The molecule has 0 unspecified atom stereocenters. The molecule has 0 saturated carbocycles. The summed E-state index contributed by atoms with van der Waals surface area (Å²) >= 11 is 1.53. The largest absolute Gasteiger partial charge is 0.480 e. The number of ether oxygens (including phenoxy) is 1. The van der Waals surface area contributed by atoms with Crippen LogP contribution >= 0.6 is 11.3 Å². The van der Waals surface area contributed by atoms with Crippen LogP contribution in [0, 0.1) is 0 Å². The fourth-order valence-corrected chi connectivity index (χ4v) is 3.60. The minimum Gasteiger partial charge on any atom is -0.480 e. The summed E-state index contributed by atoms with van der Waals surface area (Å²) in [7, 11) is 0. The second-order valence-corrected chi connectivity index (χ2v) is 6.25. The van der Waals surface area contributed by atoms with Crippen molar-refractivity contribution in [2.75, 3.05) is 19.7 Å². The molecule has 5 heteroatoms.